The Morgan fingerprint density at radius 1 is 1.33 bits per heavy atom. The number of amides is 1. The van der Waals surface area contributed by atoms with Gasteiger partial charge in [-0.25, -0.2) is 0 Å². The maximum Gasteiger partial charge on any atom is 0.237 e. The van der Waals surface area contributed by atoms with Crippen molar-refractivity contribution in [2.75, 3.05) is 6.54 Å². The van der Waals surface area contributed by atoms with Gasteiger partial charge in [-0.2, -0.15) is 0 Å². The largest absolute Gasteiger partial charge is 0.351 e. The first-order valence-electron chi connectivity index (χ1n) is 6.01. The third-order valence-corrected chi connectivity index (χ3v) is 3.26. The van der Waals surface area contributed by atoms with E-state index < -0.39 is 0 Å². The lowest BCUT2D eigenvalue weighted by Gasteiger charge is -2.22. The van der Waals surface area contributed by atoms with Gasteiger partial charge in [-0.05, 0) is 37.1 Å². The Morgan fingerprint density at radius 3 is 2.67 bits per heavy atom. The van der Waals surface area contributed by atoms with Gasteiger partial charge in [0.25, 0.3) is 0 Å². The van der Waals surface area contributed by atoms with E-state index in [-0.39, 0.29) is 24.4 Å². The summed E-state index contributed by atoms with van der Waals surface area (Å²) < 4.78 is 0. The molecule has 1 aromatic rings. The van der Waals surface area contributed by atoms with E-state index in [1.807, 2.05) is 24.3 Å². The monoisotopic (exact) mass is 288 g/mol. The quantitative estimate of drug-likeness (QED) is 0.897. The van der Waals surface area contributed by atoms with Gasteiger partial charge in [-0.1, -0.05) is 30.2 Å². The molecule has 1 aliphatic rings. The van der Waals surface area contributed by atoms with Crippen molar-refractivity contribution < 1.29 is 4.79 Å². The number of carbonyl (C=O) groups is 1. The van der Waals surface area contributed by atoms with Crippen LogP contribution in [0.5, 0.6) is 0 Å². The molecule has 1 atom stereocenters. The predicted molar refractivity (Wildman–Crippen MR) is 76.2 cm³/mol. The van der Waals surface area contributed by atoms with E-state index in [1.165, 1.54) is 6.42 Å². The second-order valence-electron chi connectivity index (χ2n) is 4.35. The molecule has 0 aliphatic carbocycles. The van der Waals surface area contributed by atoms with Gasteiger partial charge in [0.2, 0.25) is 5.91 Å². The number of nitrogens with one attached hydrogen (secondary N) is 2. The summed E-state index contributed by atoms with van der Waals surface area (Å²) in [5, 5.41) is 6.89. The summed E-state index contributed by atoms with van der Waals surface area (Å²) in [5.74, 6) is 0.0969. The Hall–Kier alpha value is -0.770. The molecular formula is C13H18Cl2N2O. The number of hydrogen-bond donors (Lipinski definition) is 2. The fourth-order valence-corrected chi connectivity index (χ4v) is 2.12. The molecule has 2 N–H and O–H groups in total. The molecule has 0 bridgehead atoms. The zero-order valence-electron chi connectivity index (χ0n) is 10.1. The van der Waals surface area contributed by atoms with Crippen molar-refractivity contribution in [3.05, 3.63) is 34.9 Å². The number of halogens is 2. The van der Waals surface area contributed by atoms with Gasteiger partial charge >= 0.3 is 0 Å². The third kappa shape index (κ3) is 4.48. The minimum Gasteiger partial charge on any atom is -0.351 e. The number of rotatable bonds is 3. The molecule has 1 heterocycles. The maximum absolute atomic E-state index is 11.8. The molecular weight excluding hydrogens is 271 g/mol. The van der Waals surface area contributed by atoms with E-state index >= 15 is 0 Å². The maximum atomic E-state index is 11.8. The summed E-state index contributed by atoms with van der Waals surface area (Å²) >= 11 is 5.80. The van der Waals surface area contributed by atoms with Crippen LogP contribution < -0.4 is 10.6 Å². The fourth-order valence-electron chi connectivity index (χ4n) is 1.99. The van der Waals surface area contributed by atoms with E-state index in [1.54, 1.807) is 0 Å². The van der Waals surface area contributed by atoms with E-state index in [2.05, 4.69) is 10.6 Å². The average Bonchev–Trinajstić information content (AvgIpc) is 2.39. The van der Waals surface area contributed by atoms with Gasteiger partial charge in [0, 0.05) is 11.6 Å². The smallest absolute Gasteiger partial charge is 0.237 e. The van der Waals surface area contributed by atoms with Crippen molar-refractivity contribution in [3.8, 4) is 0 Å². The Bertz CT molecular complexity index is 375. The van der Waals surface area contributed by atoms with Gasteiger partial charge < -0.3 is 10.6 Å². The number of benzene rings is 1. The van der Waals surface area contributed by atoms with Crippen LogP contribution in [-0.4, -0.2) is 18.5 Å². The van der Waals surface area contributed by atoms with Crippen LogP contribution in [0.25, 0.3) is 0 Å². The summed E-state index contributed by atoms with van der Waals surface area (Å²) in [6.07, 6.45) is 3.24. The summed E-state index contributed by atoms with van der Waals surface area (Å²) in [6, 6.07) is 7.51. The van der Waals surface area contributed by atoms with Gasteiger partial charge in [-0.15, -0.1) is 12.4 Å². The molecule has 0 spiro atoms. The van der Waals surface area contributed by atoms with E-state index in [0.717, 1.165) is 24.9 Å². The highest BCUT2D eigenvalue weighted by Crippen LogP contribution is 2.10. The van der Waals surface area contributed by atoms with Crippen molar-refractivity contribution in [1.29, 1.82) is 0 Å². The molecule has 0 radical (unpaired) electrons. The summed E-state index contributed by atoms with van der Waals surface area (Å²) in [7, 11) is 0. The number of hydrogen-bond acceptors (Lipinski definition) is 2. The van der Waals surface area contributed by atoms with Crippen molar-refractivity contribution in [2.24, 2.45) is 0 Å². The molecule has 100 valence electrons. The lowest BCUT2D eigenvalue weighted by molar-refractivity contribution is -0.123. The van der Waals surface area contributed by atoms with Crippen LogP contribution in [0, 0.1) is 0 Å². The first-order chi connectivity index (χ1) is 8.25. The summed E-state index contributed by atoms with van der Waals surface area (Å²) in [6.45, 7) is 1.51. The Morgan fingerprint density at radius 2 is 2.06 bits per heavy atom. The van der Waals surface area contributed by atoms with E-state index in [9.17, 15) is 4.79 Å². The molecule has 0 unspecified atom stereocenters. The lowest BCUT2D eigenvalue weighted by atomic mass is 10.0. The standard InChI is InChI=1S/C13H17ClN2O.ClH/c14-11-6-4-10(5-7-11)9-16-13(17)12-3-1-2-8-15-12;/h4-7,12,15H,1-3,8-9H2,(H,16,17);1H/t12-;/m1./s1. The highest BCUT2D eigenvalue weighted by Gasteiger charge is 2.19. The number of carbonyl (C=O) groups excluding carboxylic acids is 1. The molecule has 2 rings (SSSR count). The Balaban J connectivity index is 0.00000162. The SMILES string of the molecule is Cl.O=C(NCc1ccc(Cl)cc1)[C@H]1CCCCN1. The molecule has 1 fully saturated rings. The normalized spacial score (nSPS) is 18.8. The highest BCUT2D eigenvalue weighted by atomic mass is 35.5. The Kier molecular flexibility index (Phi) is 6.47. The minimum atomic E-state index is -0.0175. The molecule has 5 heteroatoms. The molecule has 1 saturated heterocycles. The van der Waals surface area contributed by atoms with Crippen molar-refractivity contribution in [2.45, 2.75) is 31.8 Å². The minimum absolute atomic E-state index is 0. The topological polar surface area (TPSA) is 41.1 Å². The fraction of sp³-hybridized carbons (Fsp3) is 0.462. The van der Waals surface area contributed by atoms with Crippen LogP contribution in [-0.2, 0) is 11.3 Å². The molecule has 1 aromatic carbocycles. The Labute approximate surface area is 119 Å². The van der Waals surface area contributed by atoms with Crippen LogP contribution >= 0.6 is 24.0 Å². The van der Waals surface area contributed by atoms with Crippen LogP contribution in [0.4, 0.5) is 0 Å². The third-order valence-electron chi connectivity index (χ3n) is 3.01. The van der Waals surface area contributed by atoms with Gasteiger partial charge in [-0.3, -0.25) is 4.79 Å². The predicted octanol–water partition coefficient (Wildman–Crippen LogP) is 2.52. The van der Waals surface area contributed by atoms with E-state index in [4.69, 9.17) is 11.6 Å². The molecule has 0 aromatic heterocycles. The second-order valence-corrected chi connectivity index (χ2v) is 4.78. The van der Waals surface area contributed by atoms with Gasteiger partial charge in [0.05, 0.1) is 6.04 Å². The van der Waals surface area contributed by atoms with Crippen molar-refractivity contribution in [1.82, 2.24) is 10.6 Å². The molecule has 0 saturated carbocycles. The van der Waals surface area contributed by atoms with Crippen LogP contribution in [0.3, 0.4) is 0 Å². The highest BCUT2D eigenvalue weighted by molar-refractivity contribution is 6.30. The van der Waals surface area contributed by atoms with Gasteiger partial charge in [0.1, 0.15) is 0 Å². The lowest BCUT2D eigenvalue weighted by Crippen LogP contribution is -2.46. The average molecular weight is 289 g/mol. The summed E-state index contributed by atoms with van der Waals surface area (Å²) in [5.41, 5.74) is 1.07. The molecule has 3 nitrogen and oxygen atoms in total. The number of piperidine rings is 1. The van der Waals surface area contributed by atoms with Crippen LogP contribution in [0.15, 0.2) is 24.3 Å². The second kappa shape index (κ2) is 7.62. The van der Waals surface area contributed by atoms with Crippen molar-refractivity contribution in [3.63, 3.8) is 0 Å². The van der Waals surface area contributed by atoms with Gasteiger partial charge in [0.15, 0.2) is 0 Å². The summed E-state index contributed by atoms with van der Waals surface area (Å²) in [4.78, 5) is 11.8. The van der Waals surface area contributed by atoms with Crippen molar-refractivity contribution >= 4 is 29.9 Å². The van der Waals surface area contributed by atoms with Crippen LogP contribution in [0.1, 0.15) is 24.8 Å². The van der Waals surface area contributed by atoms with Crippen LogP contribution in [0.2, 0.25) is 5.02 Å². The first kappa shape index (κ1) is 15.3. The first-order valence-corrected chi connectivity index (χ1v) is 6.39. The molecule has 18 heavy (non-hydrogen) atoms. The zero-order valence-corrected chi connectivity index (χ0v) is 11.7. The molecule has 1 aliphatic heterocycles. The zero-order chi connectivity index (χ0) is 12.1. The van der Waals surface area contributed by atoms with E-state index in [0.29, 0.717) is 11.6 Å². The molecule has 1 amide bonds.